The summed E-state index contributed by atoms with van der Waals surface area (Å²) >= 11 is 0. The van der Waals surface area contributed by atoms with Crippen molar-refractivity contribution in [3.05, 3.63) is 75.1 Å². The Hall–Kier alpha value is -3.49. The van der Waals surface area contributed by atoms with E-state index in [2.05, 4.69) is 15.2 Å². The van der Waals surface area contributed by atoms with E-state index < -0.39 is 11.2 Å². The summed E-state index contributed by atoms with van der Waals surface area (Å²) in [7, 11) is 0. The molecule has 1 saturated heterocycles. The van der Waals surface area contributed by atoms with E-state index in [1.165, 1.54) is 29.0 Å². The molecule has 29 heavy (non-hydrogen) atoms. The van der Waals surface area contributed by atoms with E-state index in [1.807, 2.05) is 0 Å². The number of amides is 1. The third kappa shape index (κ3) is 4.03. The van der Waals surface area contributed by atoms with Gasteiger partial charge in [0.1, 0.15) is 12.4 Å². The summed E-state index contributed by atoms with van der Waals surface area (Å²) in [5, 5.41) is 7.19. The lowest BCUT2D eigenvalue weighted by molar-refractivity contribution is -0.133. The summed E-state index contributed by atoms with van der Waals surface area (Å²) in [5.41, 5.74) is 1.56. The average Bonchev–Trinajstić information content (AvgIpc) is 3.20. The highest BCUT2D eigenvalue weighted by Crippen LogP contribution is 2.33. The molecule has 0 unspecified atom stereocenters. The Kier molecular flexibility index (Phi) is 5.11. The minimum atomic E-state index is -0.605. The number of rotatable bonds is 4. The second-order valence-electron chi connectivity index (χ2n) is 7.12. The Morgan fingerprint density at radius 3 is 2.76 bits per heavy atom. The maximum atomic E-state index is 13.2. The van der Waals surface area contributed by atoms with Crippen molar-refractivity contribution in [2.24, 2.45) is 0 Å². The molecule has 1 fully saturated rings. The lowest BCUT2D eigenvalue weighted by Crippen LogP contribution is -2.43. The van der Waals surface area contributed by atoms with Crippen LogP contribution in [0.15, 0.2) is 52.3 Å². The first-order valence-electron chi connectivity index (χ1n) is 9.38. The Labute approximate surface area is 165 Å². The van der Waals surface area contributed by atoms with Crippen molar-refractivity contribution in [2.75, 3.05) is 13.1 Å². The van der Waals surface area contributed by atoms with Gasteiger partial charge < -0.3 is 4.90 Å². The molecule has 1 aromatic carbocycles. The standard InChI is InChI=1S/C20H20FN5O3/c21-15-5-3-13(4-6-15)16-10-22-24-19(16)14-2-1-8-25(11-14)18(28)12-26-9-7-17(27)23-20(26)29/h3-7,9-10,14H,1-2,8,11-12H2,(H,22,24)(H,23,27,29)/t14-/m1/s1. The number of carbonyl (C=O) groups excluding carboxylic acids is 1. The van der Waals surface area contributed by atoms with Gasteiger partial charge in [-0.05, 0) is 30.5 Å². The first kappa shape index (κ1) is 18.9. The molecule has 0 spiro atoms. The van der Waals surface area contributed by atoms with E-state index in [0.717, 1.165) is 29.7 Å². The van der Waals surface area contributed by atoms with Crippen LogP contribution in [0.4, 0.5) is 4.39 Å². The van der Waals surface area contributed by atoms with Gasteiger partial charge in [-0.3, -0.25) is 24.2 Å². The Morgan fingerprint density at radius 2 is 2.00 bits per heavy atom. The molecule has 4 rings (SSSR count). The Balaban J connectivity index is 1.51. The monoisotopic (exact) mass is 397 g/mol. The minimum Gasteiger partial charge on any atom is -0.340 e. The number of benzene rings is 1. The SMILES string of the molecule is O=C(Cn1ccc(=O)[nH]c1=O)N1CCC[C@@H](c2[nH]ncc2-c2ccc(F)cc2)C1. The average molecular weight is 397 g/mol. The van der Waals surface area contributed by atoms with Gasteiger partial charge in [-0.1, -0.05) is 12.1 Å². The maximum Gasteiger partial charge on any atom is 0.328 e. The number of hydrogen-bond acceptors (Lipinski definition) is 4. The fourth-order valence-electron chi connectivity index (χ4n) is 3.72. The number of H-pyrrole nitrogens is 2. The van der Waals surface area contributed by atoms with Gasteiger partial charge in [0.05, 0.1) is 6.20 Å². The summed E-state index contributed by atoms with van der Waals surface area (Å²) in [6.45, 7) is 0.969. The van der Waals surface area contributed by atoms with Gasteiger partial charge in [-0.25, -0.2) is 9.18 Å². The number of piperidine rings is 1. The Bertz CT molecular complexity index is 1130. The van der Waals surface area contributed by atoms with Crippen LogP contribution in [0.1, 0.15) is 24.5 Å². The van der Waals surface area contributed by atoms with Gasteiger partial charge in [0.25, 0.3) is 5.56 Å². The molecule has 0 aliphatic carbocycles. The predicted molar refractivity (Wildman–Crippen MR) is 104 cm³/mol. The molecule has 2 N–H and O–H groups in total. The van der Waals surface area contributed by atoms with Crippen molar-refractivity contribution in [3.63, 3.8) is 0 Å². The molecule has 1 atom stereocenters. The molecule has 0 saturated carbocycles. The number of aromatic amines is 2. The first-order valence-corrected chi connectivity index (χ1v) is 9.38. The van der Waals surface area contributed by atoms with Crippen molar-refractivity contribution in [1.82, 2.24) is 24.6 Å². The zero-order chi connectivity index (χ0) is 20.4. The van der Waals surface area contributed by atoms with E-state index in [1.54, 1.807) is 23.2 Å². The highest BCUT2D eigenvalue weighted by atomic mass is 19.1. The summed E-state index contributed by atoms with van der Waals surface area (Å²) in [4.78, 5) is 39.6. The lowest BCUT2D eigenvalue weighted by atomic mass is 9.90. The molecule has 3 heterocycles. The van der Waals surface area contributed by atoms with Crippen LogP contribution in [0.25, 0.3) is 11.1 Å². The predicted octanol–water partition coefficient (Wildman–Crippen LogP) is 1.47. The first-order chi connectivity index (χ1) is 14.0. The van der Waals surface area contributed by atoms with Gasteiger partial charge >= 0.3 is 5.69 Å². The summed E-state index contributed by atoms with van der Waals surface area (Å²) in [5.74, 6) is -0.431. The van der Waals surface area contributed by atoms with Crippen LogP contribution in [0.3, 0.4) is 0 Å². The van der Waals surface area contributed by atoms with Gasteiger partial charge in [-0.2, -0.15) is 5.10 Å². The number of carbonyl (C=O) groups is 1. The molecule has 1 amide bonds. The van der Waals surface area contributed by atoms with Crippen molar-refractivity contribution in [1.29, 1.82) is 0 Å². The number of hydrogen-bond donors (Lipinski definition) is 2. The quantitative estimate of drug-likeness (QED) is 0.696. The zero-order valence-electron chi connectivity index (χ0n) is 15.6. The molecule has 1 aliphatic rings. The highest BCUT2D eigenvalue weighted by molar-refractivity contribution is 5.76. The van der Waals surface area contributed by atoms with Gasteiger partial charge in [0.2, 0.25) is 5.91 Å². The molecule has 0 radical (unpaired) electrons. The molecule has 150 valence electrons. The summed E-state index contributed by atoms with van der Waals surface area (Å²) < 4.78 is 14.4. The summed E-state index contributed by atoms with van der Waals surface area (Å²) in [6.07, 6.45) is 4.74. The fourth-order valence-corrected chi connectivity index (χ4v) is 3.72. The van der Waals surface area contributed by atoms with Crippen molar-refractivity contribution < 1.29 is 9.18 Å². The molecular weight excluding hydrogens is 377 g/mol. The van der Waals surface area contributed by atoms with Crippen LogP contribution in [0.5, 0.6) is 0 Å². The van der Waals surface area contributed by atoms with Gasteiger partial charge in [0, 0.05) is 42.5 Å². The Morgan fingerprint density at radius 1 is 1.21 bits per heavy atom. The second-order valence-corrected chi connectivity index (χ2v) is 7.12. The molecular formula is C20H20FN5O3. The lowest BCUT2D eigenvalue weighted by Gasteiger charge is -2.33. The minimum absolute atomic E-state index is 0.0579. The molecule has 0 bridgehead atoms. The fraction of sp³-hybridized carbons (Fsp3) is 0.300. The van der Waals surface area contributed by atoms with E-state index in [4.69, 9.17) is 0 Å². The van der Waals surface area contributed by atoms with E-state index >= 15 is 0 Å². The number of likely N-dealkylation sites (tertiary alicyclic amines) is 1. The third-order valence-electron chi connectivity index (χ3n) is 5.21. The summed E-state index contributed by atoms with van der Waals surface area (Å²) in [6, 6.07) is 7.44. The third-order valence-corrected chi connectivity index (χ3v) is 5.21. The largest absolute Gasteiger partial charge is 0.340 e. The van der Waals surface area contributed by atoms with Crippen LogP contribution in [0, 0.1) is 5.82 Å². The number of aromatic nitrogens is 4. The normalized spacial score (nSPS) is 16.7. The van der Waals surface area contributed by atoms with Gasteiger partial charge in [-0.15, -0.1) is 0 Å². The molecule has 8 nitrogen and oxygen atoms in total. The smallest absolute Gasteiger partial charge is 0.328 e. The topological polar surface area (TPSA) is 104 Å². The van der Waals surface area contributed by atoms with E-state index in [-0.39, 0.29) is 24.2 Å². The van der Waals surface area contributed by atoms with Crippen LogP contribution in [-0.4, -0.2) is 43.6 Å². The maximum absolute atomic E-state index is 13.2. The van der Waals surface area contributed by atoms with Crippen LogP contribution >= 0.6 is 0 Å². The molecule has 1 aliphatic heterocycles. The number of nitrogens with one attached hydrogen (secondary N) is 2. The van der Waals surface area contributed by atoms with Crippen molar-refractivity contribution in [2.45, 2.75) is 25.3 Å². The zero-order valence-corrected chi connectivity index (χ0v) is 15.6. The van der Waals surface area contributed by atoms with Crippen molar-refractivity contribution >= 4 is 5.91 Å². The number of nitrogens with zero attached hydrogens (tertiary/aromatic N) is 3. The van der Waals surface area contributed by atoms with Crippen LogP contribution in [-0.2, 0) is 11.3 Å². The highest BCUT2D eigenvalue weighted by Gasteiger charge is 2.28. The molecule has 2 aromatic heterocycles. The molecule has 3 aromatic rings. The van der Waals surface area contributed by atoms with Crippen molar-refractivity contribution in [3.8, 4) is 11.1 Å². The van der Waals surface area contributed by atoms with E-state index in [9.17, 15) is 18.8 Å². The molecule has 9 heteroatoms. The van der Waals surface area contributed by atoms with E-state index in [0.29, 0.717) is 13.1 Å². The second kappa shape index (κ2) is 7.86. The number of halogens is 1. The van der Waals surface area contributed by atoms with Crippen LogP contribution in [0.2, 0.25) is 0 Å². The van der Waals surface area contributed by atoms with Gasteiger partial charge in [0.15, 0.2) is 0 Å². The van der Waals surface area contributed by atoms with Crippen LogP contribution < -0.4 is 11.2 Å².